The molecule has 0 aromatic heterocycles. The minimum atomic E-state index is 0.792. The van der Waals surface area contributed by atoms with Gasteiger partial charge in [-0.1, -0.05) is 6.82 Å². The zero-order valence-electron chi connectivity index (χ0n) is 2.79. The van der Waals surface area contributed by atoms with E-state index in [0.717, 1.165) is 13.1 Å². The molecule has 0 N–H and O–H groups in total. The quantitative estimate of drug-likeness (QED) is 0.318. The summed E-state index contributed by atoms with van der Waals surface area (Å²) in [5, 5.41) is 0. The van der Waals surface area contributed by atoms with Crippen molar-refractivity contribution in [3.63, 3.8) is 0 Å². The molecule has 0 atom stereocenters. The molecule has 0 unspecified atom stereocenters. The van der Waals surface area contributed by atoms with Crippen molar-refractivity contribution in [1.82, 2.24) is 0 Å². The number of halogens is 1. The maximum Gasteiger partial charge on any atom is 0.136 e. The second-order valence-electron chi connectivity index (χ2n) is 0.689. The Morgan fingerprint density at radius 2 is 2.25 bits per heavy atom. The van der Waals surface area contributed by atoms with Crippen LogP contribution in [0, 0.1) is 0 Å². The molecule has 0 spiro atoms. The largest absolute Gasteiger partial charge is 0.136 e. The molecule has 0 amide bonds. The van der Waals surface area contributed by atoms with Gasteiger partial charge < -0.3 is 0 Å². The zero-order chi connectivity index (χ0) is 3.41. The van der Waals surface area contributed by atoms with Crippen LogP contribution >= 0.6 is 11.6 Å². The molecular weight excluding hydrogens is 70.3 g/mol. The molecule has 0 aliphatic carbocycles. The van der Waals surface area contributed by atoms with Crippen molar-refractivity contribution < 1.29 is 0 Å². The van der Waals surface area contributed by atoms with Crippen LogP contribution in [-0.2, 0) is 0 Å². The highest BCUT2D eigenvalue weighted by Gasteiger charge is 1.64. The van der Waals surface area contributed by atoms with E-state index >= 15 is 0 Å². The van der Waals surface area contributed by atoms with Crippen molar-refractivity contribution in [2.45, 2.75) is 6.82 Å². The molecule has 0 aliphatic heterocycles. The molecule has 0 rings (SSSR count). The molecule has 0 heterocycles. The van der Waals surface area contributed by atoms with Crippen molar-refractivity contribution in [3.8, 4) is 0 Å². The number of rotatable bonds is 1. The van der Waals surface area contributed by atoms with Crippen molar-refractivity contribution in [2.24, 2.45) is 0 Å². The Bertz CT molecular complexity index is 8.00. The molecule has 0 aromatic carbocycles. The molecule has 0 fully saturated rings. The lowest BCUT2D eigenvalue weighted by molar-refractivity contribution is 2.04. The average Bonchev–Trinajstić information content (AvgIpc) is 1.37. The number of hydrogen-bond donors (Lipinski definition) is 0. The van der Waals surface area contributed by atoms with Crippen LogP contribution in [-0.4, -0.2) is 13.1 Å². The second kappa shape index (κ2) is 3.35. The number of hydrogen-bond acceptors (Lipinski definition) is 0. The van der Waals surface area contributed by atoms with Gasteiger partial charge in [0.1, 0.15) is 7.28 Å². The first-order valence-electron chi connectivity index (χ1n) is 1.47. The SMILES string of the molecule is CBCCl. The van der Waals surface area contributed by atoms with Crippen molar-refractivity contribution in [2.75, 3.05) is 5.78 Å². The van der Waals surface area contributed by atoms with E-state index in [1.54, 1.807) is 0 Å². The molecule has 0 aliphatic rings. The fourth-order valence-electron chi connectivity index (χ4n) is 0. The normalized spacial score (nSPS) is 6.50. The summed E-state index contributed by atoms with van der Waals surface area (Å²) in [4.78, 5) is 0. The van der Waals surface area contributed by atoms with Gasteiger partial charge in [-0.3, -0.25) is 0 Å². The van der Waals surface area contributed by atoms with Crippen LogP contribution in [0.25, 0.3) is 0 Å². The van der Waals surface area contributed by atoms with Crippen LogP contribution in [0.4, 0.5) is 0 Å². The Kier molecular flexibility index (Phi) is 3.65. The lowest BCUT2D eigenvalue weighted by atomic mass is 9.87. The molecule has 0 saturated heterocycles. The van der Waals surface area contributed by atoms with E-state index in [2.05, 4.69) is 0 Å². The van der Waals surface area contributed by atoms with E-state index in [4.69, 9.17) is 11.6 Å². The minimum absolute atomic E-state index is 0.792. The third-order valence-corrected chi connectivity index (χ3v) is 0.567. The van der Waals surface area contributed by atoms with Crippen molar-refractivity contribution >= 4 is 18.9 Å². The van der Waals surface area contributed by atoms with E-state index in [0.29, 0.717) is 0 Å². The Labute approximate surface area is 32.4 Å². The molecular formula is C2H6BCl. The standard InChI is InChI=1S/C2H6BCl/c1-3-2-4/h3H,2H2,1H3. The van der Waals surface area contributed by atoms with E-state index in [1.165, 1.54) is 0 Å². The van der Waals surface area contributed by atoms with Gasteiger partial charge >= 0.3 is 0 Å². The molecule has 2 heteroatoms. The summed E-state index contributed by atoms with van der Waals surface area (Å²) < 4.78 is 0. The number of alkyl halides is 1. The Hall–Kier alpha value is 0.355. The van der Waals surface area contributed by atoms with Crippen molar-refractivity contribution in [3.05, 3.63) is 0 Å². The van der Waals surface area contributed by atoms with E-state index in [-0.39, 0.29) is 0 Å². The fourth-order valence-corrected chi connectivity index (χ4v) is 0. The monoisotopic (exact) mass is 76.0 g/mol. The van der Waals surface area contributed by atoms with Crippen LogP contribution in [0.3, 0.4) is 0 Å². The van der Waals surface area contributed by atoms with Gasteiger partial charge in [0, 0.05) is 0 Å². The summed E-state index contributed by atoms with van der Waals surface area (Å²) in [6.07, 6.45) is 0. The highest BCUT2D eigenvalue weighted by molar-refractivity contribution is 6.49. The van der Waals surface area contributed by atoms with Crippen LogP contribution < -0.4 is 0 Å². The third kappa shape index (κ3) is 2.35. The maximum atomic E-state index is 5.19. The molecule has 24 valence electrons. The topological polar surface area (TPSA) is 0 Å². The third-order valence-electron chi connectivity index (χ3n) is 0.189. The van der Waals surface area contributed by atoms with E-state index in [1.807, 2.05) is 6.82 Å². The Balaban J connectivity index is 1.97. The molecule has 0 nitrogen and oxygen atoms in total. The Morgan fingerprint density at radius 1 is 2.00 bits per heavy atom. The van der Waals surface area contributed by atoms with Gasteiger partial charge in [0.15, 0.2) is 0 Å². The van der Waals surface area contributed by atoms with Gasteiger partial charge in [-0.15, -0.1) is 11.6 Å². The van der Waals surface area contributed by atoms with Crippen LogP contribution in [0.5, 0.6) is 0 Å². The van der Waals surface area contributed by atoms with Crippen molar-refractivity contribution in [1.29, 1.82) is 0 Å². The maximum absolute atomic E-state index is 5.19. The van der Waals surface area contributed by atoms with Crippen LogP contribution in [0.1, 0.15) is 0 Å². The van der Waals surface area contributed by atoms with E-state index in [9.17, 15) is 0 Å². The lowest BCUT2D eigenvalue weighted by Gasteiger charge is -1.61. The highest BCUT2D eigenvalue weighted by atomic mass is 35.5. The first-order valence-corrected chi connectivity index (χ1v) is 2.01. The van der Waals surface area contributed by atoms with Gasteiger partial charge in [0.05, 0.1) is 0 Å². The minimum Gasteiger partial charge on any atom is -0.136 e. The summed E-state index contributed by atoms with van der Waals surface area (Å²) in [5.74, 6) is 0.792. The smallest absolute Gasteiger partial charge is 0.136 e. The second-order valence-corrected chi connectivity index (χ2v) is 1.07. The summed E-state index contributed by atoms with van der Waals surface area (Å²) in [5.41, 5.74) is 0. The predicted molar refractivity (Wildman–Crippen MR) is 23.7 cm³/mol. The van der Waals surface area contributed by atoms with Gasteiger partial charge in [0.2, 0.25) is 0 Å². The molecule has 4 heavy (non-hydrogen) atoms. The molecule has 0 aromatic rings. The van der Waals surface area contributed by atoms with Gasteiger partial charge in [-0.05, 0) is 5.78 Å². The Morgan fingerprint density at radius 3 is 2.25 bits per heavy atom. The van der Waals surface area contributed by atoms with Crippen LogP contribution in [0.2, 0.25) is 6.82 Å². The highest BCUT2D eigenvalue weighted by Crippen LogP contribution is 1.63. The van der Waals surface area contributed by atoms with Crippen LogP contribution in [0.15, 0.2) is 0 Å². The molecule has 0 bridgehead atoms. The fraction of sp³-hybridized carbons (Fsp3) is 1.00. The van der Waals surface area contributed by atoms with Gasteiger partial charge in [0.25, 0.3) is 0 Å². The van der Waals surface area contributed by atoms with Gasteiger partial charge in [-0.25, -0.2) is 0 Å². The summed E-state index contributed by atoms with van der Waals surface area (Å²) in [6, 6.07) is 0. The predicted octanol–water partition coefficient (Wildman–Crippen LogP) is 0.667. The average molecular weight is 76.3 g/mol. The summed E-state index contributed by atoms with van der Waals surface area (Å²) in [7, 11) is 1.08. The summed E-state index contributed by atoms with van der Waals surface area (Å²) in [6.45, 7) is 2.05. The zero-order valence-corrected chi connectivity index (χ0v) is 3.55. The first kappa shape index (κ1) is 4.35. The molecule has 0 radical (unpaired) electrons. The first-order chi connectivity index (χ1) is 1.91. The molecule has 0 saturated carbocycles. The van der Waals surface area contributed by atoms with E-state index < -0.39 is 0 Å². The summed E-state index contributed by atoms with van der Waals surface area (Å²) >= 11 is 5.19. The van der Waals surface area contributed by atoms with Gasteiger partial charge in [-0.2, -0.15) is 0 Å². The lowest BCUT2D eigenvalue weighted by Crippen LogP contribution is -1.76.